The summed E-state index contributed by atoms with van der Waals surface area (Å²) in [5.74, 6) is -0.0427. The van der Waals surface area contributed by atoms with Gasteiger partial charge in [-0.1, -0.05) is 6.07 Å². The summed E-state index contributed by atoms with van der Waals surface area (Å²) in [5.41, 5.74) is -0.715. The van der Waals surface area contributed by atoms with Gasteiger partial charge >= 0.3 is 12.1 Å². The van der Waals surface area contributed by atoms with Crippen molar-refractivity contribution in [3.8, 4) is 5.75 Å². The molecule has 0 bridgehead atoms. The third-order valence-electron chi connectivity index (χ3n) is 4.12. The number of likely N-dealkylation sites (tertiary alicyclic amines) is 1. The molecule has 1 heterocycles. The number of ether oxygens (including phenoxy) is 2. The fraction of sp³-hybridized carbons (Fsp3) is 0.588. The van der Waals surface area contributed by atoms with Gasteiger partial charge in [0.25, 0.3) is 0 Å². The number of rotatable bonds is 6. The van der Waals surface area contributed by atoms with Gasteiger partial charge in [0.1, 0.15) is 24.8 Å². The Morgan fingerprint density at radius 2 is 2.17 bits per heavy atom. The first kappa shape index (κ1) is 18.6. The molecule has 1 aliphatic rings. The third kappa shape index (κ3) is 5.40. The highest BCUT2D eigenvalue weighted by Crippen LogP contribution is 2.31. The number of carbonyl (C=O) groups excluding carboxylic acids is 1. The van der Waals surface area contributed by atoms with Gasteiger partial charge in [-0.15, -0.1) is 0 Å². The van der Waals surface area contributed by atoms with Crippen LogP contribution in [0.2, 0.25) is 0 Å². The van der Waals surface area contributed by atoms with Crippen LogP contribution >= 0.6 is 0 Å². The summed E-state index contributed by atoms with van der Waals surface area (Å²) in [5, 5.41) is 0. The highest BCUT2D eigenvalue weighted by molar-refractivity contribution is 5.72. The lowest BCUT2D eigenvalue weighted by Crippen LogP contribution is -3.14. The molecule has 0 amide bonds. The Kier molecular flexibility index (Phi) is 6.48. The standard InChI is InChI=1S/C17H22F3NO3/c1-2-23-16(22)13-5-4-8-21(12-13)9-10-24-15-7-3-6-14(11-15)17(18,19)20/h3,6-7,11,13H,2,4-5,8-10,12H2,1H3/p+1/t13-/m0/s1. The van der Waals surface area contributed by atoms with Crippen molar-refractivity contribution in [3.05, 3.63) is 29.8 Å². The van der Waals surface area contributed by atoms with Crippen LogP contribution < -0.4 is 9.64 Å². The fourth-order valence-electron chi connectivity index (χ4n) is 2.91. The number of piperidine rings is 1. The van der Waals surface area contributed by atoms with Gasteiger partial charge in [-0.2, -0.15) is 13.2 Å². The second-order valence-corrected chi connectivity index (χ2v) is 5.92. The predicted molar refractivity (Wildman–Crippen MR) is 81.9 cm³/mol. The summed E-state index contributed by atoms with van der Waals surface area (Å²) in [7, 11) is 0. The van der Waals surface area contributed by atoms with Crippen molar-refractivity contribution < 1.29 is 32.3 Å². The Balaban J connectivity index is 1.80. The van der Waals surface area contributed by atoms with E-state index in [2.05, 4.69) is 0 Å². The lowest BCUT2D eigenvalue weighted by Gasteiger charge is -2.28. The maximum atomic E-state index is 12.7. The molecule has 1 N–H and O–H groups in total. The summed E-state index contributed by atoms with van der Waals surface area (Å²) in [4.78, 5) is 13.0. The van der Waals surface area contributed by atoms with Gasteiger partial charge in [-0.05, 0) is 38.0 Å². The molecular formula is C17H23F3NO3+. The normalized spacial score (nSPS) is 21.3. The molecule has 1 aliphatic heterocycles. The van der Waals surface area contributed by atoms with Crippen LogP contribution in [0, 0.1) is 5.92 Å². The highest BCUT2D eigenvalue weighted by atomic mass is 19.4. The lowest BCUT2D eigenvalue weighted by molar-refractivity contribution is -0.907. The minimum Gasteiger partial charge on any atom is -0.488 e. The number of esters is 1. The van der Waals surface area contributed by atoms with E-state index in [1.54, 1.807) is 6.92 Å². The molecule has 7 heteroatoms. The highest BCUT2D eigenvalue weighted by Gasteiger charge is 2.31. The largest absolute Gasteiger partial charge is 0.488 e. The Hall–Kier alpha value is -1.76. The smallest absolute Gasteiger partial charge is 0.416 e. The van der Waals surface area contributed by atoms with Gasteiger partial charge in [0, 0.05) is 0 Å². The summed E-state index contributed by atoms with van der Waals surface area (Å²) < 4.78 is 48.5. The zero-order chi connectivity index (χ0) is 17.6. The molecule has 1 fully saturated rings. The zero-order valence-corrected chi connectivity index (χ0v) is 13.7. The number of halogens is 3. The quantitative estimate of drug-likeness (QED) is 0.801. The molecule has 2 atom stereocenters. The number of hydrogen-bond donors (Lipinski definition) is 1. The van der Waals surface area contributed by atoms with Crippen molar-refractivity contribution in [2.24, 2.45) is 5.92 Å². The van der Waals surface area contributed by atoms with Crippen molar-refractivity contribution in [3.63, 3.8) is 0 Å². The van der Waals surface area contributed by atoms with Gasteiger partial charge in [-0.3, -0.25) is 4.79 Å². The van der Waals surface area contributed by atoms with Gasteiger partial charge in [0.2, 0.25) is 0 Å². The molecule has 2 rings (SSSR count). The van der Waals surface area contributed by atoms with Crippen LogP contribution in [-0.2, 0) is 15.7 Å². The molecule has 0 radical (unpaired) electrons. The van der Waals surface area contributed by atoms with Gasteiger partial charge < -0.3 is 14.4 Å². The summed E-state index contributed by atoms with van der Waals surface area (Å²) >= 11 is 0. The predicted octanol–water partition coefficient (Wildman–Crippen LogP) is 1.94. The fourth-order valence-corrected chi connectivity index (χ4v) is 2.91. The molecule has 1 unspecified atom stereocenters. The van der Waals surface area contributed by atoms with Crippen molar-refractivity contribution >= 4 is 5.97 Å². The van der Waals surface area contributed by atoms with Crippen LogP contribution in [0.4, 0.5) is 13.2 Å². The molecular weight excluding hydrogens is 323 g/mol. The zero-order valence-electron chi connectivity index (χ0n) is 13.7. The van der Waals surface area contributed by atoms with E-state index in [-0.39, 0.29) is 17.6 Å². The van der Waals surface area contributed by atoms with Crippen molar-refractivity contribution in [2.45, 2.75) is 25.9 Å². The SMILES string of the molecule is CCOC(=O)[C@H]1CCC[NH+](CCOc2cccc(C(F)(F)F)c2)C1. The second kappa shape index (κ2) is 8.37. The third-order valence-corrected chi connectivity index (χ3v) is 4.12. The van der Waals surface area contributed by atoms with Crippen LogP contribution in [-0.4, -0.2) is 38.8 Å². The Morgan fingerprint density at radius 1 is 1.38 bits per heavy atom. The summed E-state index contributed by atoms with van der Waals surface area (Å²) in [6, 6.07) is 4.88. The first-order chi connectivity index (χ1) is 11.4. The lowest BCUT2D eigenvalue weighted by atomic mass is 9.98. The topological polar surface area (TPSA) is 40.0 Å². The average molecular weight is 346 g/mol. The molecule has 134 valence electrons. The molecule has 0 aromatic heterocycles. The molecule has 1 saturated heterocycles. The average Bonchev–Trinajstić information content (AvgIpc) is 2.55. The Bertz CT molecular complexity index is 548. The molecule has 1 aromatic carbocycles. The summed E-state index contributed by atoms with van der Waals surface area (Å²) in [6.45, 7) is 4.74. The number of benzene rings is 1. The number of carbonyl (C=O) groups is 1. The van der Waals surface area contributed by atoms with Crippen LogP contribution in [0.1, 0.15) is 25.3 Å². The molecule has 0 spiro atoms. The minimum absolute atomic E-state index is 0.0951. The first-order valence-electron chi connectivity index (χ1n) is 8.20. The van der Waals surface area contributed by atoms with E-state index in [0.29, 0.717) is 26.3 Å². The monoisotopic (exact) mass is 346 g/mol. The van der Waals surface area contributed by atoms with Crippen LogP contribution in [0.3, 0.4) is 0 Å². The number of quaternary nitrogens is 1. The summed E-state index contributed by atoms with van der Waals surface area (Å²) in [6.07, 6.45) is -2.61. The van der Waals surface area contributed by atoms with E-state index >= 15 is 0 Å². The molecule has 1 aromatic rings. The second-order valence-electron chi connectivity index (χ2n) is 5.92. The van der Waals surface area contributed by atoms with Gasteiger partial charge in [0.15, 0.2) is 0 Å². The maximum Gasteiger partial charge on any atom is 0.416 e. The van der Waals surface area contributed by atoms with Gasteiger partial charge in [-0.25, -0.2) is 0 Å². The molecule has 4 nitrogen and oxygen atoms in total. The first-order valence-corrected chi connectivity index (χ1v) is 8.20. The maximum absolute atomic E-state index is 12.7. The van der Waals surface area contributed by atoms with E-state index in [0.717, 1.165) is 31.5 Å². The van der Waals surface area contributed by atoms with Crippen molar-refractivity contribution in [2.75, 3.05) is 32.8 Å². The van der Waals surface area contributed by atoms with Gasteiger partial charge in [0.05, 0.1) is 25.3 Å². The number of nitrogens with one attached hydrogen (secondary N) is 1. The van der Waals surface area contributed by atoms with Crippen LogP contribution in [0.5, 0.6) is 5.75 Å². The molecule has 0 aliphatic carbocycles. The van der Waals surface area contributed by atoms with E-state index in [9.17, 15) is 18.0 Å². The molecule has 24 heavy (non-hydrogen) atoms. The van der Waals surface area contributed by atoms with Crippen molar-refractivity contribution in [1.82, 2.24) is 0 Å². The number of hydrogen-bond acceptors (Lipinski definition) is 3. The molecule has 0 saturated carbocycles. The van der Waals surface area contributed by atoms with E-state index in [1.165, 1.54) is 17.0 Å². The Labute approximate surface area is 139 Å². The van der Waals surface area contributed by atoms with Crippen LogP contribution in [0.15, 0.2) is 24.3 Å². The Morgan fingerprint density at radius 3 is 2.88 bits per heavy atom. The van der Waals surface area contributed by atoms with E-state index in [4.69, 9.17) is 9.47 Å². The minimum atomic E-state index is -4.37. The van der Waals surface area contributed by atoms with E-state index in [1.807, 2.05) is 0 Å². The van der Waals surface area contributed by atoms with Crippen molar-refractivity contribution in [1.29, 1.82) is 0 Å². The number of alkyl halides is 3. The van der Waals surface area contributed by atoms with Crippen LogP contribution in [0.25, 0.3) is 0 Å². The van der Waals surface area contributed by atoms with E-state index < -0.39 is 11.7 Å².